The molecule has 2 aromatic heterocycles. The summed E-state index contributed by atoms with van der Waals surface area (Å²) < 4.78 is 5.45. The van der Waals surface area contributed by atoms with E-state index in [-0.39, 0.29) is 30.7 Å². The van der Waals surface area contributed by atoms with Gasteiger partial charge in [-0.3, -0.25) is 14.5 Å². The first kappa shape index (κ1) is 33.0. The second kappa shape index (κ2) is 15.3. The van der Waals surface area contributed by atoms with E-state index in [1.165, 1.54) is 0 Å². The van der Waals surface area contributed by atoms with E-state index in [1.54, 1.807) is 4.90 Å². The second-order valence-corrected chi connectivity index (χ2v) is 11.8. The maximum Gasteiger partial charge on any atom is 0.240 e. The number of amides is 2. The fraction of sp³-hybridized carbons (Fsp3) is 0.394. The number of pyridine rings is 1. The van der Waals surface area contributed by atoms with Gasteiger partial charge in [-0.15, -0.1) is 22.6 Å². The number of carbonyl (C=O) groups is 2. The molecule has 2 amide bonds. The van der Waals surface area contributed by atoms with Crippen LogP contribution in [0.5, 0.6) is 0 Å². The van der Waals surface area contributed by atoms with E-state index in [1.807, 2.05) is 60.8 Å². The molecule has 13 heteroatoms. The van der Waals surface area contributed by atoms with Gasteiger partial charge < -0.3 is 21.1 Å². The third kappa shape index (κ3) is 7.52. The maximum atomic E-state index is 14.2. The lowest BCUT2D eigenvalue weighted by Gasteiger charge is -2.35. The Bertz CT molecular complexity index is 1550. The molecule has 2 aromatic carbocycles. The van der Waals surface area contributed by atoms with Crippen LogP contribution in [0, 0.1) is 11.8 Å². The summed E-state index contributed by atoms with van der Waals surface area (Å²) in [5.41, 5.74) is 16.2. The number of ether oxygens (including phenoxy) is 1. The average molecular weight is 646 g/mol. The van der Waals surface area contributed by atoms with Gasteiger partial charge in [0.1, 0.15) is 11.9 Å². The van der Waals surface area contributed by atoms with Crippen molar-refractivity contribution < 1.29 is 14.3 Å². The minimum Gasteiger partial charge on any atom is -0.378 e. The number of benzene rings is 2. The predicted molar refractivity (Wildman–Crippen MR) is 178 cm³/mol. The number of hydrogen-bond acceptors (Lipinski definition) is 9. The minimum atomic E-state index is -0.874. The number of aromatic nitrogens is 5. The number of nitrogens with one attached hydrogen (secondary N) is 1. The summed E-state index contributed by atoms with van der Waals surface area (Å²) in [6, 6.07) is 18.5. The molecule has 12 nitrogen and oxygen atoms in total. The Hall–Kier alpha value is -4.39. The van der Waals surface area contributed by atoms with Gasteiger partial charge >= 0.3 is 0 Å². The van der Waals surface area contributed by atoms with Crippen LogP contribution in [0.25, 0.3) is 22.5 Å². The lowest BCUT2D eigenvalue weighted by atomic mass is 9.81. The number of hydrogen-bond donors (Lipinski definition) is 3. The van der Waals surface area contributed by atoms with Crippen molar-refractivity contribution in [3.05, 3.63) is 72.4 Å². The zero-order chi connectivity index (χ0) is 31.2. The number of primary amides is 1. The van der Waals surface area contributed by atoms with E-state index >= 15 is 0 Å². The summed E-state index contributed by atoms with van der Waals surface area (Å²) in [7, 11) is 0. The normalized spacial score (nSPS) is 18.8. The number of carbonyl (C=O) groups excluding carboxylic acids is 2. The van der Waals surface area contributed by atoms with E-state index in [0.717, 1.165) is 66.8 Å². The highest BCUT2D eigenvalue weighted by Gasteiger charge is 2.36. The van der Waals surface area contributed by atoms with E-state index in [2.05, 4.69) is 36.6 Å². The number of nitrogens with two attached hydrogens (primary N) is 2. The first-order chi connectivity index (χ1) is 22.0. The first-order valence-corrected chi connectivity index (χ1v) is 15.5. The summed E-state index contributed by atoms with van der Waals surface area (Å²) in [4.78, 5) is 35.7. The summed E-state index contributed by atoms with van der Waals surface area (Å²) in [6.07, 6.45) is 5.41. The average Bonchev–Trinajstić information content (AvgIpc) is 3.64. The Labute approximate surface area is 274 Å². The number of halogens is 1. The molecule has 0 bridgehead atoms. The number of tetrazole rings is 1. The van der Waals surface area contributed by atoms with Crippen molar-refractivity contribution in [3.8, 4) is 22.5 Å². The van der Waals surface area contributed by atoms with E-state index in [4.69, 9.17) is 16.2 Å². The molecule has 1 saturated carbocycles. The van der Waals surface area contributed by atoms with E-state index in [0.29, 0.717) is 37.2 Å². The number of rotatable bonds is 10. The van der Waals surface area contributed by atoms with Crippen LogP contribution in [0.4, 0.5) is 11.5 Å². The van der Waals surface area contributed by atoms with Crippen LogP contribution in [0.2, 0.25) is 0 Å². The van der Waals surface area contributed by atoms with Gasteiger partial charge in [0, 0.05) is 48.4 Å². The zero-order valence-corrected chi connectivity index (χ0v) is 26.4. The predicted octanol–water partition coefficient (Wildman–Crippen LogP) is 3.38. The number of anilines is 2. The minimum absolute atomic E-state index is 0. The van der Waals surface area contributed by atoms with Crippen molar-refractivity contribution in [2.45, 2.75) is 38.1 Å². The molecular formula is C33H40ClN9O3. The summed E-state index contributed by atoms with van der Waals surface area (Å²) in [5, 5.41) is 14.1. The lowest BCUT2D eigenvalue weighted by Crippen LogP contribution is -2.52. The van der Waals surface area contributed by atoms with Crippen molar-refractivity contribution in [3.63, 3.8) is 0 Å². The Morgan fingerprint density at radius 3 is 2.20 bits per heavy atom. The standard InChI is InChI=1S/C33H39N9O3.ClH/c34-20-23-3-7-26(8-4-23)33(44)42(28-12-9-25(10-13-28)32-37-39-40-38-32)29(31(35)43)19-22-1-5-24(6-2-22)27-11-14-30(36-21-27)41-15-17-45-18-16-41;/h1-2,5-6,9-14,21,23,26,29H,3-4,7-8,15-20,34H2,(H2,35,43)(H,37,38,39,40);1H/t23?,26?,29-;/m0./s1. The molecule has 0 radical (unpaired) electrons. The third-order valence-electron chi connectivity index (χ3n) is 8.96. The van der Waals surface area contributed by atoms with Crippen LogP contribution in [0.1, 0.15) is 31.2 Å². The lowest BCUT2D eigenvalue weighted by molar-refractivity contribution is -0.127. The third-order valence-corrected chi connectivity index (χ3v) is 8.96. The largest absolute Gasteiger partial charge is 0.378 e. The van der Waals surface area contributed by atoms with Gasteiger partial charge in [-0.25, -0.2) is 4.98 Å². The van der Waals surface area contributed by atoms with Crippen molar-refractivity contribution in [2.75, 3.05) is 42.6 Å². The summed E-state index contributed by atoms with van der Waals surface area (Å²) >= 11 is 0. The molecule has 46 heavy (non-hydrogen) atoms. The molecule has 0 unspecified atom stereocenters. The van der Waals surface area contributed by atoms with Crippen molar-refractivity contribution in [1.82, 2.24) is 25.6 Å². The van der Waals surface area contributed by atoms with Gasteiger partial charge in [0.15, 0.2) is 0 Å². The zero-order valence-electron chi connectivity index (χ0n) is 25.6. The molecule has 1 atom stereocenters. The smallest absolute Gasteiger partial charge is 0.240 e. The topological polar surface area (TPSA) is 169 Å². The van der Waals surface area contributed by atoms with Crippen molar-refractivity contribution in [2.24, 2.45) is 23.3 Å². The molecule has 0 spiro atoms. The first-order valence-electron chi connectivity index (χ1n) is 15.5. The molecule has 1 aliphatic heterocycles. The second-order valence-electron chi connectivity index (χ2n) is 11.8. The van der Waals surface area contributed by atoms with Crippen LogP contribution < -0.4 is 21.3 Å². The summed E-state index contributed by atoms with van der Waals surface area (Å²) in [5.74, 6) is 0.944. The fourth-order valence-corrected chi connectivity index (χ4v) is 6.27. The van der Waals surface area contributed by atoms with Gasteiger partial charge in [-0.05, 0) is 90.9 Å². The van der Waals surface area contributed by atoms with Crippen molar-refractivity contribution in [1.29, 1.82) is 0 Å². The van der Waals surface area contributed by atoms with Gasteiger partial charge in [-0.2, -0.15) is 5.21 Å². The molecule has 2 fully saturated rings. The van der Waals surface area contributed by atoms with Gasteiger partial charge in [0.2, 0.25) is 17.6 Å². The Balaban J connectivity index is 0.00000417. The molecule has 1 saturated heterocycles. The molecule has 5 N–H and O–H groups in total. The number of H-pyrrole nitrogens is 1. The number of nitrogens with zero attached hydrogens (tertiary/aromatic N) is 6. The molecule has 6 rings (SSSR count). The molecule has 1 aliphatic carbocycles. The van der Waals surface area contributed by atoms with Gasteiger partial charge in [0.25, 0.3) is 0 Å². The molecule has 2 aliphatic rings. The highest BCUT2D eigenvalue weighted by molar-refractivity contribution is 6.01. The van der Waals surface area contributed by atoms with E-state index in [9.17, 15) is 9.59 Å². The van der Waals surface area contributed by atoms with Crippen LogP contribution in [-0.2, 0) is 20.7 Å². The summed E-state index contributed by atoms with van der Waals surface area (Å²) in [6.45, 7) is 3.71. The Kier molecular flexibility index (Phi) is 10.9. The van der Waals surface area contributed by atoms with Crippen LogP contribution >= 0.6 is 12.4 Å². The van der Waals surface area contributed by atoms with Gasteiger partial charge in [-0.1, -0.05) is 24.3 Å². The Morgan fingerprint density at radius 1 is 0.935 bits per heavy atom. The maximum absolute atomic E-state index is 14.2. The highest BCUT2D eigenvalue weighted by atomic mass is 35.5. The molecule has 4 aromatic rings. The number of morpholine rings is 1. The van der Waals surface area contributed by atoms with Gasteiger partial charge in [0.05, 0.1) is 13.2 Å². The molecule has 242 valence electrons. The van der Waals surface area contributed by atoms with Crippen molar-refractivity contribution >= 4 is 35.7 Å². The number of aromatic amines is 1. The van der Waals surface area contributed by atoms with Crippen LogP contribution in [-0.4, -0.2) is 76.3 Å². The fourth-order valence-electron chi connectivity index (χ4n) is 6.27. The van der Waals surface area contributed by atoms with Crippen LogP contribution in [0.3, 0.4) is 0 Å². The molecule has 3 heterocycles. The Morgan fingerprint density at radius 2 is 1.61 bits per heavy atom. The molecular weight excluding hydrogens is 606 g/mol. The SMILES string of the molecule is Cl.NCC1CCC(C(=O)N(c2ccc(-c3nn[nH]n3)cc2)[C@@H](Cc2ccc(-c3ccc(N4CCOCC4)nc3)cc2)C(N)=O)CC1. The monoisotopic (exact) mass is 645 g/mol. The quantitative estimate of drug-likeness (QED) is 0.234. The van der Waals surface area contributed by atoms with Crippen LogP contribution in [0.15, 0.2) is 66.9 Å². The highest BCUT2D eigenvalue weighted by Crippen LogP contribution is 2.33. The van der Waals surface area contributed by atoms with E-state index < -0.39 is 11.9 Å².